The number of halogens is 1. The maximum absolute atomic E-state index is 13.7. The number of amides is 2. The van der Waals surface area contributed by atoms with Crippen LogP contribution in [0.1, 0.15) is 43.7 Å². The van der Waals surface area contributed by atoms with Crippen molar-refractivity contribution in [3.05, 3.63) is 69.4 Å². The molecule has 0 N–H and O–H groups in total. The summed E-state index contributed by atoms with van der Waals surface area (Å²) in [6.45, 7) is 8.23. The highest BCUT2D eigenvalue weighted by molar-refractivity contribution is 14.1. The molecule has 1 heterocycles. The highest BCUT2D eigenvalue weighted by Gasteiger charge is 2.30. The van der Waals surface area contributed by atoms with E-state index in [0.29, 0.717) is 18.7 Å². The second kappa shape index (κ2) is 10.5. The van der Waals surface area contributed by atoms with E-state index < -0.39 is 17.6 Å². The van der Waals surface area contributed by atoms with Crippen molar-refractivity contribution in [2.75, 3.05) is 13.2 Å². The molecular weight excluding hydrogens is 519 g/mol. The molecule has 0 aliphatic carbocycles. The van der Waals surface area contributed by atoms with Crippen LogP contribution in [0.3, 0.4) is 0 Å². The molecule has 0 unspecified atom stereocenters. The van der Waals surface area contributed by atoms with Crippen LogP contribution in [0.2, 0.25) is 0 Å². The zero-order valence-electron chi connectivity index (χ0n) is 18.9. The number of fused-ring (bicyclic) bond motifs is 1. The molecule has 0 radical (unpaired) electrons. The lowest BCUT2D eigenvalue weighted by atomic mass is 10.1. The number of hydrogen-bond acceptors (Lipinski definition) is 4. The Balaban J connectivity index is 1.97. The Bertz CT molecular complexity index is 1100. The van der Waals surface area contributed by atoms with E-state index in [-0.39, 0.29) is 13.3 Å². The standard InChI is InChI=1S/C25H29IN2O4/c1-5-31-17-28-21-13-9-7-11-19(21)16-22(28)23(29)27(24(30)32-25(2,3)4)15-14-18-10-6-8-12-20(18)26/h6-13,16H,5,14-15,17H2,1-4H3. The first kappa shape index (κ1) is 24.3. The maximum Gasteiger partial charge on any atom is 0.417 e. The van der Waals surface area contributed by atoms with E-state index in [1.807, 2.05) is 60.0 Å². The largest absolute Gasteiger partial charge is 0.443 e. The van der Waals surface area contributed by atoms with Crippen molar-refractivity contribution in [2.45, 2.75) is 46.4 Å². The normalized spacial score (nSPS) is 11.5. The molecule has 170 valence electrons. The van der Waals surface area contributed by atoms with Gasteiger partial charge in [-0.2, -0.15) is 0 Å². The van der Waals surface area contributed by atoms with Gasteiger partial charge in [-0.05, 0) is 80.5 Å². The monoisotopic (exact) mass is 548 g/mol. The fourth-order valence-corrected chi connectivity index (χ4v) is 4.03. The molecule has 0 aliphatic heterocycles. The zero-order chi connectivity index (χ0) is 23.3. The summed E-state index contributed by atoms with van der Waals surface area (Å²) < 4.78 is 14.1. The first-order valence-electron chi connectivity index (χ1n) is 10.7. The molecule has 0 spiro atoms. The SMILES string of the molecule is CCOCn1c(C(=O)N(CCc2ccccc2I)C(=O)OC(C)(C)C)cc2ccccc21. The molecule has 3 aromatic rings. The van der Waals surface area contributed by atoms with Gasteiger partial charge in [-0.15, -0.1) is 0 Å². The molecule has 3 rings (SSSR count). The van der Waals surface area contributed by atoms with Gasteiger partial charge in [-0.1, -0.05) is 36.4 Å². The molecule has 0 aliphatic rings. The second-order valence-electron chi connectivity index (χ2n) is 8.42. The fourth-order valence-electron chi connectivity index (χ4n) is 3.37. The van der Waals surface area contributed by atoms with Crippen molar-refractivity contribution in [3.8, 4) is 0 Å². The second-order valence-corrected chi connectivity index (χ2v) is 9.58. The zero-order valence-corrected chi connectivity index (χ0v) is 21.1. The van der Waals surface area contributed by atoms with Crippen LogP contribution in [0.4, 0.5) is 4.79 Å². The van der Waals surface area contributed by atoms with Gasteiger partial charge in [-0.3, -0.25) is 4.79 Å². The van der Waals surface area contributed by atoms with Gasteiger partial charge in [0.15, 0.2) is 0 Å². The number of carbonyl (C=O) groups excluding carboxylic acids is 2. The van der Waals surface area contributed by atoms with E-state index in [2.05, 4.69) is 22.6 Å². The summed E-state index contributed by atoms with van der Waals surface area (Å²) in [5.74, 6) is -0.402. The number of benzene rings is 2. The van der Waals surface area contributed by atoms with Gasteiger partial charge in [0.25, 0.3) is 5.91 Å². The smallest absolute Gasteiger partial charge is 0.417 e. The number of imide groups is 1. The van der Waals surface area contributed by atoms with Crippen LogP contribution in [0, 0.1) is 3.57 Å². The van der Waals surface area contributed by atoms with Crippen molar-refractivity contribution in [2.24, 2.45) is 0 Å². The Morgan fingerprint density at radius 2 is 1.75 bits per heavy atom. The number of nitrogens with zero attached hydrogens (tertiary/aromatic N) is 2. The Labute approximate surface area is 202 Å². The molecule has 0 saturated carbocycles. The molecule has 32 heavy (non-hydrogen) atoms. The van der Waals surface area contributed by atoms with Crippen molar-refractivity contribution in [1.82, 2.24) is 9.47 Å². The number of hydrogen-bond donors (Lipinski definition) is 0. The first-order chi connectivity index (χ1) is 15.2. The molecule has 0 fully saturated rings. The first-order valence-corrected chi connectivity index (χ1v) is 11.7. The van der Waals surface area contributed by atoms with E-state index in [4.69, 9.17) is 9.47 Å². The van der Waals surface area contributed by atoms with Crippen LogP contribution >= 0.6 is 22.6 Å². The molecule has 0 bridgehead atoms. The predicted molar refractivity (Wildman–Crippen MR) is 134 cm³/mol. The topological polar surface area (TPSA) is 60.8 Å². The van der Waals surface area contributed by atoms with E-state index in [1.54, 1.807) is 26.8 Å². The van der Waals surface area contributed by atoms with Crippen molar-refractivity contribution >= 4 is 45.5 Å². The van der Waals surface area contributed by atoms with Gasteiger partial charge in [0.2, 0.25) is 0 Å². The molecule has 6 nitrogen and oxygen atoms in total. The third kappa shape index (κ3) is 5.89. The van der Waals surface area contributed by atoms with Gasteiger partial charge < -0.3 is 14.0 Å². The summed E-state index contributed by atoms with van der Waals surface area (Å²) in [5, 5.41) is 0.914. The van der Waals surface area contributed by atoms with E-state index in [1.165, 1.54) is 4.90 Å². The lowest BCUT2D eigenvalue weighted by molar-refractivity contribution is 0.0233. The minimum absolute atomic E-state index is 0.212. The van der Waals surface area contributed by atoms with Crippen LogP contribution in [-0.4, -0.2) is 40.2 Å². The van der Waals surface area contributed by atoms with Crippen LogP contribution in [-0.2, 0) is 22.6 Å². The third-order valence-corrected chi connectivity index (χ3v) is 5.93. The predicted octanol–water partition coefficient (Wildman–Crippen LogP) is 5.86. The van der Waals surface area contributed by atoms with E-state index >= 15 is 0 Å². The summed E-state index contributed by atoms with van der Waals surface area (Å²) in [6.07, 6.45) is -0.114. The van der Waals surface area contributed by atoms with E-state index in [9.17, 15) is 9.59 Å². The summed E-state index contributed by atoms with van der Waals surface area (Å²) in [4.78, 5) is 27.9. The summed E-state index contributed by atoms with van der Waals surface area (Å²) in [5.41, 5.74) is 1.64. The molecule has 1 aromatic heterocycles. The van der Waals surface area contributed by atoms with Crippen LogP contribution < -0.4 is 0 Å². The highest BCUT2D eigenvalue weighted by Crippen LogP contribution is 2.23. The summed E-state index contributed by atoms with van der Waals surface area (Å²) >= 11 is 2.27. The van der Waals surface area contributed by atoms with Gasteiger partial charge in [0, 0.05) is 22.1 Å². The Hall–Kier alpha value is -2.39. The average molecular weight is 548 g/mol. The van der Waals surface area contributed by atoms with Crippen LogP contribution in [0.25, 0.3) is 10.9 Å². The summed E-state index contributed by atoms with van der Waals surface area (Å²) in [6, 6.07) is 17.5. The van der Waals surface area contributed by atoms with Gasteiger partial charge in [-0.25, -0.2) is 9.69 Å². The number of para-hydroxylation sites is 1. The Morgan fingerprint density at radius 1 is 1.06 bits per heavy atom. The quantitative estimate of drug-likeness (QED) is 0.347. The Morgan fingerprint density at radius 3 is 2.44 bits per heavy atom. The Kier molecular flexibility index (Phi) is 7.95. The van der Waals surface area contributed by atoms with Crippen LogP contribution in [0.5, 0.6) is 0 Å². The lowest BCUT2D eigenvalue weighted by Crippen LogP contribution is -2.42. The number of ether oxygens (including phenoxy) is 2. The van der Waals surface area contributed by atoms with Crippen LogP contribution in [0.15, 0.2) is 54.6 Å². The fraction of sp³-hybridized carbons (Fsp3) is 0.360. The third-order valence-electron chi connectivity index (χ3n) is 4.88. The summed E-state index contributed by atoms with van der Waals surface area (Å²) in [7, 11) is 0. The number of aromatic nitrogens is 1. The van der Waals surface area contributed by atoms with Gasteiger partial charge in [0.1, 0.15) is 18.0 Å². The molecule has 0 saturated heterocycles. The molecule has 2 amide bonds. The average Bonchev–Trinajstić information content (AvgIpc) is 3.10. The molecule has 0 atom stereocenters. The lowest BCUT2D eigenvalue weighted by Gasteiger charge is -2.26. The molecular formula is C25H29IN2O4. The van der Waals surface area contributed by atoms with Crippen molar-refractivity contribution < 1.29 is 19.1 Å². The van der Waals surface area contributed by atoms with Crippen molar-refractivity contribution in [1.29, 1.82) is 0 Å². The number of rotatable bonds is 7. The maximum atomic E-state index is 13.7. The minimum atomic E-state index is -0.713. The van der Waals surface area contributed by atoms with Gasteiger partial charge in [0.05, 0.1) is 5.52 Å². The minimum Gasteiger partial charge on any atom is -0.443 e. The van der Waals surface area contributed by atoms with Gasteiger partial charge >= 0.3 is 6.09 Å². The number of carbonyl (C=O) groups is 2. The van der Waals surface area contributed by atoms with Crippen molar-refractivity contribution in [3.63, 3.8) is 0 Å². The molecule has 7 heteroatoms. The van der Waals surface area contributed by atoms with E-state index in [0.717, 1.165) is 20.0 Å². The molecule has 2 aromatic carbocycles. The highest BCUT2D eigenvalue weighted by atomic mass is 127.